The zero-order valence-corrected chi connectivity index (χ0v) is 12.0. The van der Waals surface area contributed by atoms with Crippen molar-refractivity contribution in [2.45, 2.75) is 13.3 Å². The number of hydrogen-bond donors (Lipinski definition) is 1. The normalized spacial score (nSPS) is 10.9. The molecule has 20 heavy (non-hydrogen) atoms. The molecule has 102 valence electrons. The first-order valence-corrected chi connectivity index (χ1v) is 7.38. The Morgan fingerprint density at radius 3 is 2.90 bits per heavy atom. The molecule has 2 nitrogen and oxygen atoms in total. The van der Waals surface area contributed by atoms with Crippen molar-refractivity contribution in [3.8, 4) is 0 Å². The molecule has 0 fully saturated rings. The van der Waals surface area contributed by atoms with Gasteiger partial charge in [0, 0.05) is 24.7 Å². The fourth-order valence-corrected chi connectivity index (χ4v) is 3.08. The van der Waals surface area contributed by atoms with Crippen LogP contribution >= 0.6 is 11.3 Å². The molecule has 1 heterocycles. The lowest BCUT2D eigenvalue weighted by Gasteiger charge is -2.07. The van der Waals surface area contributed by atoms with Gasteiger partial charge in [-0.1, -0.05) is 18.2 Å². The van der Waals surface area contributed by atoms with Gasteiger partial charge in [-0.3, -0.25) is 0 Å². The Labute approximate surface area is 121 Å². The van der Waals surface area contributed by atoms with Crippen LogP contribution < -0.4 is 5.32 Å². The molecule has 0 aliphatic rings. The average Bonchev–Trinajstić information content (AvgIpc) is 2.83. The van der Waals surface area contributed by atoms with Gasteiger partial charge in [-0.15, -0.1) is 11.3 Å². The number of aromatic nitrogens is 1. The molecule has 0 radical (unpaired) electrons. The number of anilines is 1. The van der Waals surface area contributed by atoms with Gasteiger partial charge in [-0.2, -0.15) is 0 Å². The zero-order valence-electron chi connectivity index (χ0n) is 11.2. The van der Waals surface area contributed by atoms with Gasteiger partial charge in [-0.25, -0.2) is 9.37 Å². The molecule has 3 rings (SSSR count). The molecule has 0 aliphatic carbocycles. The van der Waals surface area contributed by atoms with Gasteiger partial charge in [0.25, 0.3) is 0 Å². The van der Waals surface area contributed by atoms with Gasteiger partial charge in [0.1, 0.15) is 5.82 Å². The maximum absolute atomic E-state index is 13.1. The summed E-state index contributed by atoms with van der Waals surface area (Å²) in [7, 11) is 0. The Balaban J connectivity index is 1.67. The predicted molar refractivity (Wildman–Crippen MR) is 83.0 cm³/mol. The van der Waals surface area contributed by atoms with Gasteiger partial charge in [-0.05, 0) is 30.7 Å². The van der Waals surface area contributed by atoms with Crippen molar-refractivity contribution in [3.63, 3.8) is 0 Å². The molecule has 0 unspecified atom stereocenters. The van der Waals surface area contributed by atoms with Crippen molar-refractivity contribution in [3.05, 3.63) is 58.9 Å². The monoisotopic (exact) mass is 286 g/mol. The van der Waals surface area contributed by atoms with E-state index in [2.05, 4.69) is 29.4 Å². The summed E-state index contributed by atoms with van der Waals surface area (Å²) in [6.45, 7) is 2.91. The second-order valence-electron chi connectivity index (χ2n) is 4.71. The summed E-state index contributed by atoms with van der Waals surface area (Å²) < 4.78 is 14.2. The molecule has 0 saturated carbocycles. The molecular formula is C16H15FN2S. The summed E-state index contributed by atoms with van der Waals surface area (Å²) in [4.78, 5) is 4.47. The van der Waals surface area contributed by atoms with E-state index >= 15 is 0 Å². The fourth-order valence-electron chi connectivity index (χ4n) is 2.13. The summed E-state index contributed by atoms with van der Waals surface area (Å²) in [5, 5.41) is 4.44. The molecule has 0 aliphatic heterocycles. The second-order valence-corrected chi connectivity index (χ2v) is 5.83. The lowest BCUT2D eigenvalue weighted by atomic mass is 10.2. The lowest BCUT2D eigenvalue weighted by molar-refractivity contribution is 0.629. The Kier molecular flexibility index (Phi) is 3.65. The van der Waals surface area contributed by atoms with Crippen LogP contribution in [0.4, 0.5) is 10.1 Å². The number of nitrogens with zero attached hydrogens (tertiary/aromatic N) is 1. The molecule has 1 N–H and O–H groups in total. The van der Waals surface area contributed by atoms with E-state index in [-0.39, 0.29) is 5.82 Å². The lowest BCUT2D eigenvalue weighted by Crippen LogP contribution is -2.05. The van der Waals surface area contributed by atoms with Crippen molar-refractivity contribution in [2.75, 3.05) is 11.9 Å². The summed E-state index contributed by atoms with van der Waals surface area (Å²) in [5.41, 5.74) is 3.14. The third-order valence-electron chi connectivity index (χ3n) is 3.19. The van der Waals surface area contributed by atoms with E-state index in [1.807, 2.05) is 12.1 Å². The number of benzene rings is 2. The van der Waals surface area contributed by atoms with Crippen molar-refractivity contribution in [2.24, 2.45) is 0 Å². The van der Waals surface area contributed by atoms with Gasteiger partial charge in [0.15, 0.2) is 0 Å². The van der Waals surface area contributed by atoms with Crippen molar-refractivity contribution >= 4 is 27.2 Å². The molecule has 0 spiro atoms. The van der Waals surface area contributed by atoms with Gasteiger partial charge >= 0.3 is 0 Å². The van der Waals surface area contributed by atoms with Crippen LogP contribution in [0, 0.1) is 12.7 Å². The Morgan fingerprint density at radius 1 is 1.20 bits per heavy atom. The molecule has 0 saturated heterocycles. The van der Waals surface area contributed by atoms with Gasteiger partial charge < -0.3 is 5.32 Å². The maximum Gasteiger partial charge on any atom is 0.125 e. The molecular weight excluding hydrogens is 271 g/mol. The number of halogens is 1. The smallest absolute Gasteiger partial charge is 0.125 e. The first-order chi connectivity index (χ1) is 9.72. The van der Waals surface area contributed by atoms with E-state index < -0.39 is 0 Å². The Hall–Kier alpha value is -1.94. The van der Waals surface area contributed by atoms with Crippen LogP contribution in [0.2, 0.25) is 0 Å². The Bertz CT molecular complexity index is 736. The van der Waals surface area contributed by atoms with E-state index in [9.17, 15) is 4.39 Å². The molecule has 1 aromatic heterocycles. The number of rotatable bonds is 4. The molecule has 0 atom stereocenters. The highest BCUT2D eigenvalue weighted by atomic mass is 32.1. The first kappa shape index (κ1) is 13.1. The molecule has 4 heteroatoms. The van der Waals surface area contributed by atoms with Crippen LogP contribution in [0.15, 0.2) is 42.5 Å². The van der Waals surface area contributed by atoms with E-state index in [1.165, 1.54) is 17.7 Å². The van der Waals surface area contributed by atoms with Crippen LogP contribution in [0.3, 0.4) is 0 Å². The third kappa shape index (κ3) is 2.80. The SMILES string of the molecule is Cc1ccccc1NCCc1nc2cc(F)ccc2s1. The van der Waals surface area contributed by atoms with Gasteiger partial charge in [0.2, 0.25) is 0 Å². The highest BCUT2D eigenvalue weighted by Crippen LogP contribution is 2.23. The minimum atomic E-state index is -0.229. The minimum absolute atomic E-state index is 0.229. The van der Waals surface area contributed by atoms with Crippen LogP contribution in [0.25, 0.3) is 10.2 Å². The van der Waals surface area contributed by atoms with Crippen molar-refractivity contribution in [1.82, 2.24) is 4.98 Å². The maximum atomic E-state index is 13.1. The summed E-state index contributed by atoms with van der Waals surface area (Å²) in [6.07, 6.45) is 0.843. The standard InChI is InChI=1S/C16H15FN2S/c1-11-4-2-3-5-13(11)18-9-8-16-19-14-10-12(17)6-7-15(14)20-16/h2-7,10,18H,8-9H2,1H3. The summed E-state index contributed by atoms with van der Waals surface area (Å²) >= 11 is 1.63. The topological polar surface area (TPSA) is 24.9 Å². The van der Waals surface area contributed by atoms with E-state index in [1.54, 1.807) is 17.4 Å². The number of thiazole rings is 1. The minimum Gasteiger partial charge on any atom is -0.384 e. The third-order valence-corrected chi connectivity index (χ3v) is 4.29. The van der Waals surface area contributed by atoms with Gasteiger partial charge in [0.05, 0.1) is 15.2 Å². The van der Waals surface area contributed by atoms with E-state index in [4.69, 9.17) is 0 Å². The molecule has 3 aromatic rings. The molecule has 0 amide bonds. The number of aryl methyl sites for hydroxylation is 1. The van der Waals surface area contributed by atoms with Crippen molar-refractivity contribution < 1.29 is 4.39 Å². The Morgan fingerprint density at radius 2 is 2.05 bits per heavy atom. The highest BCUT2D eigenvalue weighted by Gasteiger charge is 2.05. The number of nitrogens with one attached hydrogen (secondary N) is 1. The number of fused-ring (bicyclic) bond motifs is 1. The van der Waals surface area contributed by atoms with Crippen LogP contribution in [-0.2, 0) is 6.42 Å². The molecule has 0 bridgehead atoms. The molecule has 2 aromatic carbocycles. The summed E-state index contributed by atoms with van der Waals surface area (Å²) in [6, 6.07) is 13.0. The average molecular weight is 286 g/mol. The second kappa shape index (κ2) is 5.59. The predicted octanol–water partition coefficient (Wildman–Crippen LogP) is 4.40. The van der Waals surface area contributed by atoms with Crippen LogP contribution in [0.1, 0.15) is 10.6 Å². The quantitative estimate of drug-likeness (QED) is 0.769. The van der Waals surface area contributed by atoms with Crippen molar-refractivity contribution in [1.29, 1.82) is 0 Å². The largest absolute Gasteiger partial charge is 0.384 e. The zero-order chi connectivity index (χ0) is 13.9. The number of hydrogen-bond acceptors (Lipinski definition) is 3. The van der Waals surface area contributed by atoms with Crippen LogP contribution in [-0.4, -0.2) is 11.5 Å². The fraction of sp³-hybridized carbons (Fsp3) is 0.188. The van der Waals surface area contributed by atoms with E-state index in [0.717, 1.165) is 33.9 Å². The first-order valence-electron chi connectivity index (χ1n) is 6.57. The summed E-state index contributed by atoms with van der Waals surface area (Å²) in [5.74, 6) is -0.229. The highest BCUT2D eigenvalue weighted by molar-refractivity contribution is 7.18. The number of para-hydroxylation sites is 1. The van der Waals surface area contributed by atoms with E-state index in [0.29, 0.717) is 0 Å². The van der Waals surface area contributed by atoms with Crippen LogP contribution in [0.5, 0.6) is 0 Å².